The zero-order chi connectivity index (χ0) is 18.5. The predicted octanol–water partition coefficient (Wildman–Crippen LogP) is 3.47. The SMILES string of the molecule is Cc1cccc(C(C)C)c1NC(=O)CN1CCN(Cc2ccco2)CC1. The Hall–Kier alpha value is -2.11. The standard InChI is InChI=1S/C21H29N3O2/c1-16(2)19-8-4-6-17(3)21(19)22-20(25)15-24-11-9-23(10-12-24)14-18-7-5-13-26-18/h4-8,13,16H,9-12,14-15H2,1-3H3,(H,22,25). The molecule has 3 rings (SSSR count). The first-order valence-corrected chi connectivity index (χ1v) is 9.39. The van der Waals surface area contributed by atoms with Crippen molar-refractivity contribution >= 4 is 11.6 Å². The van der Waals surface area contributed by atoms with Crippen LogP contribution in [-0.4, -0.2) is 48.4 Å². The van der Waals surface area contributed by atoms with Crippen molar-refractivity contribution in [2.24, 2.45) is 0 Å². The summed E-state index contributed by atoms with van der Waals surface area (Å²) in [5.41, 5.74) is 3.29. The minimum Gasteiger partial charge on any atom is -0.468 e. The second-order valence-electron chi connectivity index (χ2n) is 7.37. The van der Waals surface area contributed by atoms with Crippen LogP contribution in [0.25, 0.3) is 0 Å². The van der Waals surface area contributed by atoms with E-state index in [0.717, 1.165) is 49.7 Å². The van der Waals surface area contributed by atoms with E-state index in [1.54, 1.807) is 6.26 Å². The molecule has 0 unspecified atom stereocenters. The summed E-state index contributed by atoms with van der Waals surface area (Å²) in [6.07, 6.45) is 1.72. The summed E-state index contributed by atoms with van der Waals surface area (Å²) in [5.74, 6) is 1.45. The highest BCUT2D eigenvalue weighted by atomic mass is 16.3. The molecular formula is C21H29N3O2. The third-order valence-electron chi connectivity index (χ3n) is 4.98. The van der Waals surface area contributed by atoms with E-state index in [1.807, 2.05) is 12.1 Å². The van der Waals surface area contributed by atoms with Gasteiger partial charge in [-0.3, -0.25) is 14.6 Å². The van der Waals surface area contributed by atoms with Gasteiger partial charge in [-0.15, -0.1) is 0 Å². The van der Waals surface area contributed by atoms with E-state index in [1.165, 1.54) is 5.56 Å². The van der Waals surface area contributed by atoms with Crippen LogP contribution in [0, 0.1) is 6.92 Å². The topological polar surface area (TPSA) is 48.7 Å². The van der Waals surface area contributed by atoms with Crippen LogP contribution in [-0.2, 0) is 11.3 Å². The van der Waals surface area contributed by atoms with Crippen LogP contribution in [0.1, 0.15) is 36.7 Å². The number of hydrogen-bond donors (Lipinski definition) is 1. The average molecular weight is 355 g/mol. The van der Waals surface area contributed by atoms with Gasteiger partial charge in [0.1, 0.15) is 5.76 Å². The zero-order valence-corrected chi connectivity index (χ0v) is 16.0. The van der Waals surface area contributed by atoms with Crippen molar-refractivity contribution in [2.45, 2.75) is 33.2 Å². The van der Waals surface area contributed by atoms with Gasteiger partial charge in [0.15, 0.2) is 0 Å². The summed E-state index contributed by atoms with van der Waals surface area (Å²) in [7, 11) is 0. The molecule has 0 aliphatic carbocycles. The van der Waals surface area contributed by atoms with Crippen LogP contribution in [0.5, 0.6) is 0 Å². The maximum absolute atomic E-state index is 12.6. The number of piperazine rings is 1. The minimum atomic E-state index is 0.0701. The molecule has 0 saturated carbocycles. The fraction of sp³-hybridized carbons (Fsp3) is 0.476. The Labute approximate surface area is 156 Å². The number of nitrogens with zero attached hydrogens (tertiary/aromatic N) is 2. The van der Waals surface area contributed by atoms with Gasteiger partial charge in [-0.2, -0.15) is 0 Å². The van der Waals surface area contributed by atoms with Crippen LogP contribution in [0.2, 0.25) is 0 Å². The van der Waals surface area contributed by atoms with Gasteiger partial charge >= 0.3 is 0 Å². The highest BCUT2D eigenvalue weighted by Crippen LogP contribution is 2.27. The van der Waals surface area contributed by atoms with E-state index >= 15 is 0 Å². The Morgan fingerprint density at radius 1 is 1.12 bits per heavy atom. The van der Waals surface area contributed by atoms with Gasteiger partial charge in [0.25, 0.3) is 0 Å². The van der Waals surface area contributed by atoms with Gasteiger partial charge in [-0.05, 0) is 36.1 Å². The molecule has 1 aromatic carbocycles. The van der Waals surface area contributed by atoms with Gasteiger partial charge < -0.3 is 9.73 Å². The van der Waals surface area contributed by atoms with Gasteiger partial charge in [0, 0.05) is 31.9 Å². The number of furan rings is 1. The van der Waals surface area contributed by atoms with Crippen LogP contribution >= 0.6 is 0 Å². The number of carbonyl (C=O) groups is 1. The monoisotopic (exact) mass is 355 g/mol. The van der Waals surface area contributed by atoms with Crippen LogP contribution in [0.15, 0.2) is 41.0 Å². The van der Waals surface area contributed by atoms with E-state index in [9.17, 15) is 4.79 Å². The molecule has 0 radical (unpaired) electrons. The first-order chi connectivity index (χ1) is 12.5. The summed E-state index contributed by atoms with van der Waals surface area (Å²) in [5, 5.41) is 3.15. The van der Waals surface area contributed by atoms with E-state index in [-0.39, 0.29) is 5.91 Å². The fourth-order valence-electron chi connectivity index (χ4n) is 3.45. The Morgan fingerprint density at radius 2 is 1.85 bits per heavy atom. The Kier molecular flexibility index (Phi) is 6.12. The van der Waals surface area contributed by atoms with E-state index in [4.69, 9.17) is 4.42 Å². The first-order valence-electron chi connectivity index (χ1n) is 9.39. The quantitative estimate of drug-likeness (QED) is 0.862. The van der Waals surface area contributed by atoms with Crippen LogP contribution in [0.4, 0.5) is 5.69 Å². The Balaban J connectivity index is 1.51. The summed E-state index contributed by atoms with van der Waals surface area (Å²) in [6.45, 7) is 11.4. The smallest absolute Gasteiger partial charge is 0.238 e. The summed E-state index contributed by atoms with van der Waals surface area (Å²) in [6, 6.07) is 10.1. The van der Waals surface area contributed by atoms with Crippen molar-refractivity contribution in [1.29, 1.82) is 0 Å². The van der Waals surface area contributed by atoms with Crippen molar-refractivity contribution in [3.05, 3.63) is 53.5 Å². The molecule has 0 bridgehead atoms. The number of nitrogens with one attached hydrogen (secondary N) is 1. The lowest BCUT2D eigenvalue weighted by molar-refractivity contribution is -0.117. The van der Waals surface area contributed by atoms with Gasteiger partial charge in [-0.1, -0.05) is 32.0 Å². The lowest BCUT2D eigenvalue weighted by atomic mass is 9.98. The maximum atomic E-state index is 12.6. The summed E-state index contributed by atoms with van der Waals surface area (Å²) in [4.78, 5) is 17.2. The largest absolute Gasteiger partial charge is 0.468 e. The first kappa shape index (κ1) is 18.7. The van der Waals surface area contributed by atoms with Gasteiger partial charge in [-0.25, -0.2) is 0 Å². The Bertz CT molecular complexity index is 717. The molecule has 1 aliphatic rings. The van der Waals surface area contributed by atoms with Gasteiger partial charge in [0.05, 0.1) is 19.4 Å². The Morgan fingerprint density at radius 3 is 2.50 bits per heavy atom. The molecule has 1 saturated heterocycles. The molecule has 5 nitrogen and oxygen atoms in total. The molecule has 26 heavy (non-hydrogen) atoms. The molecule has 0 atom stereocenters. The lowest BCUT2D eigenvalue weighted by Gasteiger charge is -2.33. The molecule has 5 heteroatoms. The molecule has 1 fully saturated rings. The van der Waals surface area contributed by atoms with Crippen molar-refractivity contribution < 1.29 is 9.21 Å². The number of rotatable bonds is 6. The summed E-state index contributed by atoms with van der Waals surface area (Å²) < 4.78 is 5.42. The fourth-order valence-corrected chi connectivity index (χ4v) is 3.45. The number of anilines is 1. The predicted molar refractivity (Wildman–Crippen MR) is 104 cm³/mol. The normalized spacial score (nSPS) is 16.2. The second-order valence-corrected chi connectivity index (χ2v) is 7.37. The number of benzene rings is 1. The summed E-state index contributed by atoms with van der Waals surface area (Å²) >= 11 is 0. The number of carbonyl (C=O) groups excluding carboxylic acids is 1. The minimum absolute atomic E-state index is 0.0701. The molecule has 2 heterocycles. The highest BCUT2D eigenvalue weighted by molar-refractivity contribution is 5.93. The second kappa shape index (κ2) is 8.52. The third-order valence-corrected chi connectivity index (χ3v) is 4.98. The van der Waals surface area contributed by atoms with Crippen LogP contribution in [0.3, 0.4) is 0 Å². The van der Waals surface area contributed by atoms with E-state index in [2.05, 4.69) is 54.1 Å². The number of amides is 1. The van der Waals surface area contributed by atoms with Crippen LogP contribution < -0.4 is 5.32 Å². The van der Waals surface area contributed by atoms with Crippen molar-refractivity contribution in [2.75, 3.05) is 38.0 Å². The van der Waals surface area contributed by atoms with Gasteiger partial charge in [0.2, 0.25) is 5.91 Å². The molecule has 1 amide bonds. The molecule has 1 N–H and O–H groups in total. The zero-order valence-electron chi connectivity index (χ0n) is 16.0. The molecule has 140 valence electrons. The van der Waals surface area contributed by atoms with Crippen molar-refractivity contribution in [3.8, 4) is 0 Å². The molecular weight excluding hydrogens is 326 g/mol. The van der Waals surface area contributed by atoms with E-state index < -0.39 is 0 Å². The highest BCUT2D eigenvalue weighted by Gasteiger charge is 2.20. The van der Waals surface area contributed by atoms with Crippen molar-refractivity contribution in [3.63, 3.8) is 0 Å². The number of aryl methyl sites for hydroxylation is 1. The number of hydrogen-bond acceptors (Lipinski definition) is 4. The molecule has 2 aromatic rings. The number of para-hydroxylation sites is 1. The maximum Gasteiger partial charge on any atom is 0.238 e. The van der Waals surface area contributed by atoms with Crippen molar-refractivity contribution in [1.82, 2.24) is 9.80 Å². The van der Waals surface area contributed by atoms with E-state index in [0.29, 0.717) is 12.5 Å². The molecule has 0 spiro atoms. The third kappa shape index (κ3) is 4.74. The lowest BCUT2D eigenvalue weighted by Crippen LogP contribution is -2.48. The average Bonchev–Trinajstić information content (AvgIpc) is 3.11. The molecule has 1 aromatic heterocycles. The molecule has 1 aliphatic heterocycles.